The zero-order chi connectivity index (χ0) is 12.0. The maximum Gasteiger partial charge on any atom is 0.261 e. The van der Waals surface area contributed by atoms with Crippen LogP contribution in [-0.2, 0) is 4.74 Å². The molecule has 3 heterocycles. The Morgan fingerprint density at radius 2 is 2.12 bits per heavy atom. The second-order valence-corrected chi connectivity index (χ2v) is 6.07. The average molecular weight is 234 g/mol. The van der Waals surface area contributed by atoms with Gasteiger partial charge in [0, 0.05) is 19.4 Å². The molecule has 0 aliphatic carbocycles. The molecule has 93 valence electrons. The molecule has 3 rings (SSSR count). The molecule has 17 heavy (non-hydrogen) atoms. The van der Waals surface area contributed by atoms with E-state index in [9.17, 15) is 5.26 Å². The Morgan fingerprint density at radius 1 is 1.29 bits per heavy atom. The van der Waals surface area contributed by atoms with Gasteiger partial charge in [0.25, 0.3) is 6.10 Å². The second kappa shape index (κ2) is 4.26. The summed E-state index contributed by atoms with van der Waals surface area (Å²) in [5, 5.41) is 9.46. The van der Waals surface area contributed by atoms with Gasteiger partial charge in [-0.1, -0.05) is 13.3 Å². The highest BCUT2D eigenvalue weighted by molar-refractivity contribution is 5.12. The van der Waals surface area contributed by atoms with Crippen molar-refractivity contribution in [1.82, 2.24) is 4.90 Å². The minimum Gasteiger partial charge on any atom is -0.288 e. The summed E-state index contributed by atoms with van der Waals surface area (Å²) in [6, 6.07) is 3.51. The summed E-state index contributed by atoms with van der Waals surface area (Å²) in [5.41, 5.74) is 0. The number of piperidine rings is 1. The van der Waals surface area contributed by atoms with E-state index in [4.69, 9.17) is 4.74 Å². The Kier molecular flexibility index (Phi) is 2.88. The lowest BCUT2D eigenvalue weighted by atomic mass is 9.85. The van der Waals surface area contributed by atoms with Crippen molar-refractivity contribution in [3.8, 4) is 6.07 Å². The van der Waals surface area contributed by atoms with Crippen LogP contribution in [-0.4, -0.2) is 35.7 Å². The molecule has 0 aromatic rings. The van der Waals surface area contributed by atoms with Crippen molar-refractivity contribution in [3.05, 3.63) is 0 Å². The molecular formula is C14H22N2O+. The van der Waals surface area contributed by atoms with Crippen molar-refractivity contribution in [3.63, 3.8) is 0 Å². The molecule has 3 fully saturated rings. The molecule has 0 aromatic heterocycles. The molecule has 0 N–H and O–H groups in total. The summed E-state index contributed by atoms with van der Waals surface area (Å²) in [6.07, 6.45) is 5.39. The smallest absolute Gasteiger partial charge is 0.261 e. The van der Waals surface area contributed by atoms with Crippen LogP contribution < -0.4 is 0 Å². The van der Waals surface area contributed by atoms with Crippen molar-refractivity contribution >= 4 is 0 Å². The van der Waals surface area contributed by atoms with E-state index in [-0.39, 0.29) is 12.0 Å². The molecule has 3 heteroatoms. The van der Waals surface area contributed by atoms with E-state index in [1.807, 2.05) is 0 Å². The number of ether oxygens (including phenoxy) is 1. The molecule has 0 bridgehead atoms. The summed E-state index contributed by atoms with van der Waals surface area (Å²) in [6.45, 7) is 5.66. The van der Waals surface area contributed by atoms with Crippen LogP contribution in [0.4, 0.5) is 0 Å². The summed E-state index contributed by atoms with van der Waals surface area (Å²) < 4.78 is 6.11. The summed E-state index contributed by atoms with van der Waals surface area (Å²) in [7, 11) is 0. The van der Waals surface area contributed by atoms with Gasteiger partial charge in [0.15, 0.2) is 0 Å². The highest BCUT2D eigenvalue weighted by atomic mass is 16.5. The van der Waals surface area contributed by atoms with Crippen molar-refractivity contribution in [1.29, 1.82) is 5.26 Å². The second-order valence-electron chi connectivity index (χ2n) is 6.07. The van der Waals surface area contributed by atoms with Gasteiger partial charge in [-0.2, -0.15) is 5.26 Å². The molecule has 0 amide bonds. The maximum atomic E-state index is 9.46. The molecule has 6 atom stereocenters. The van der Waals surface area contributed by atoms with E-state index >= 15 is 0 Å². The van der Waals surface area contributed by atoms with Crippen LogP contribution in [0.3, 0.4) is 0 Å². The van der Waals surface area contributed by atoms with Gasteiger partial charge in [-0.3, -0.25) is 4.90 Å². The number of nitriles is 1. The lowest BCUT2D eigenvalue weighted by molar-refractivity contribution is -0.0908. The Labute approximate surface area is 104 Å². The first-order chi connectivity index (χ1) is 8.22. The quantitative estimate of drug-likeness (QED) is 0.603. The zero-order valence-corrected chi connectivity index (χ0v) is 10.8. The minimum atomic E-state index is 0.102. The highest BCUT2D eigenvalue weighted by Gasteiger charge is 2.61. The molecule has 0 aromatic carbocycles. The summed E-state index contributed by atoms with van der Waals surface area (Å²) in [5.74, 6) is 0.771. The normalized spacial score (nSPS) is 50.4. The van der Waals surface area contributed by atoms with Crippen molar-refractivity contribution in [2.24, 2.45) is 11.8 Å². The van der Waals surface area contributed by atoms with E-state index < -0.39 is 0 Å². The highest BCUT2D eigenvalue weighted by Crippen LogP contribution is 2.44. The van der Waals surface area contributed by atoms with Crippen LogP contribution in [0.2, 0.25) is 0 Å². The first-order valence-corrected chi connectivity index (χ1v) is 7.03. The molecule has 6 unspecified atom stereocenters. The maximum absolute atomic E-state index is 9.46. The third-order valence-electron chi connectivity index (χ3n) is 4.91. The first-order valence-electron chi connectivity index (χ1n) is 7.03. The monoisotopic (exact) mass is 234 g/mol. The number of hydrogen-bond donors (Lipinski definition) is 0. The number of hydrogen-bond acceptors (Lipinski definition) is 3. The average Bonchev–Trinajstić information content (AvgIpc) is 2.62. The Bertz CT molecular complexity index is 338. The van der Waals surface area contributed by atoms with E-state index in [2.05, 4.69) is 24.8 Å². The Hall–Kier alpha value is -0.590. The predicted octanol–water partition coefficient (Wildman–Crippen LogP) is 2.18. The molecule has 3 nitrogen and oxygen atoms in total. The van der Waals surface area contributed by atoms with Crippen LogP contribution >= 0.6 is 0 Å². The standard InChI is InChI=1S/C14H22N2O/c1-9-7-10(2)17-14-11(8-15)12-5-3-4-6-16(12)13(9)14/h9-14H,3-7H2,1-2H3/q+1. The van der Waals surface area contributed by atoms with Crippen LogP contribution in [0.15, 0.2) is 0 Å². The van der Waals surface area contributed by atoms with Crippen molar-refractivity contribution in [2.45, 2.75) is 63.8 Å². The lowest BCUT2D eigenvalue weighted by Crippen LogP contribution is -2.49. The van der Waals surface area contributed by atoms with Gasteiger partial charge in [-0.15, -0.1) is 4.74 Å². The molecule has 0 spiro atoms. The van der Waals surface area contributed by atoms with Crippen LogP contribution in [0.25, 0.3) is 0 Å². The SMILES string of the molecule is CC1CC(C)C2C([O+]1)C(C#N)C1CCCCN12. The molecule has 3 aliphatic heterocycles. The summed E-state index contributed by atoms with van der Waals surface area (Å²) in [4.78, 5) is 2.60. The number of fused-ring (bicyclic) bond motifs is 3. The van der Waals surface area contributed by atoms with E-state index in [1.165, 1.54) is 25.8 Å². The van der Waals surface area contributed by atoms with Crippen LogP contribution in [0.5, 0.6) is 0 Å². The fraction of sp³-hybridized carbons (Fsp3) is 0.929. The third kappa shape index (κ3) is 1.70. The van der Waals surface area contributed by atoms with Gasteiger partial charge in [-0.05, 0) is 25.3 Å². The van der Waals surface area contributed by atoms with Crippen molar-refractivity contribution < 1.29 is 4.74 Å². The first kappa shape index (κ1) is 11.5. The fourth-order valence-electron chi connectivity index (χ4n) is 4.32. The largest absolute Gasteiger partial charge is 0.288 e. The third-order valence-corrected chi connectivity index (χ3v) is 4.91. The molecule has 3 saturated heterocycles. The number of nitrogens with zero attached hydrogens (tertiary/aromatic N) is 2. The van der Waals surface area contributed by atoms with Crippen LogP contribution in [0.1, 0.15) is 39.5 Å². The van der Waals surface area contributed by atoms with Gasteiger partial charge in [0.2, 0.25) is 6.10 Å². The minimum absolute atomic E-state index is 0.102. The van der Waals surface area contributed by atoms with Gasteiger partial charge in [-0.25, -0.2) is 0 Å². The topological polar surface area (TPSA) is 38.3 Å². The van der Waals surface area contributed by atoms with E-state index in [0.29, 0.717) is 24.1 Å². The van der Waals surface area contributed by atoms with Crippen molar-refractivity contribution in [2.75, 3.05) is 6.54 Å². The molecule has 3 aliphatic rings. The van der Waals surface area contributed by atoms with Crippen LogP contribution in [0, 0.1) is 23.2 Å². The lowest BCUT2D eigenvalue weighted by Gasteiger charge is -2.36. The zero-order valence-electron chi connectivity index (χ0n) is 10.8. The van der Waals surface area contributed by atoms with E-state index in [1.54, 1.807) is 0 Å². The van der Waals surface area contributed by atoms with Gasteiger partial charge < -0.3 is 0 Å². The van der Waals surface area contributed by atoms with Gasteiger partial charge in [0.1, 0.15) is 5.92 Å². The Balaban J connectivity index is 1.90. The molecular weight excluding hydrogens is 212 g/mol. The Morgan fingerprint density at radius 3 is 2.88 bits per heavy atom. The van der Waals surface area contributed by atoms with E-state index in [0.717, 1.165) is 6.42 Å². The summed E-state index contributed by atoms with van der Waals surface area (Å²) >= 11 is 0. The molecule has 1 radical (unpaired) electrons. The fourth-order valence-corrected chi connectivity index (χ4v) is 4.32. The van der Waals surface area contributed by atoms with Gasteiger partial charge in [0.05, 0.1) is 12.1 Å². The van der Waals surface area contributed by atoms with Gasteiger partial charge >= 0.3 is 0 Å². The predicted molar refractivity (Wildman–Crippen MR) is 65.4 cm³/mol. The number of rotatable bonds is 0. The molecule has 0 saturated carbocycles.